The van der Waals surface area contributed by atoms with E-state index in [0.29, 0.717) is 11.4 Å². The van der Waals surface area contributed by atoms with Crippen molar-refractivity contribution in [3.05, 3.63) is 77.2 Å². The number of carbonyl (C=O) groups excluding carboxylic acids is 1. The van der Waals surface area contributed by atoms with Gasteiger partial charge in [-0.05, 0) is 50.2 Å². The van der Waals surface area contributed by atoms with Crippen LogP contribution >= 0.6 is 0 Å². The van der Waals surface area contributed by atoms with Crippen molar-refractivity contribution in [2.45, 2.75) is 19.9 Å². The van der Waals surface area contributed by atoms with Gasteiger partial charge in [0.25, 0.3) is 0 Å². The maximum Gasteiger partial charge on any atom is 0.358 e. The highest BCUT2D eigenvalue weighted by atomic mass is 19.1. The van der Waals surface area contributed by atoms with Gasteiger partial charge < -0.3 is 0 Å². The predicted octanol–water partition coefficient (Wildman–Crippen LogP) is 3.06. The highest BCUT2D eigenvalue weighted by Crippen LogP contribution is 2.18. The average Bonchev–Trinajstić information content (AvgIpc) is 2.99. The second-order valence-corrected chi connectivity index (χ2v) is 5.75. The highest BCUT2D eigenvalue weighted by molar-refractivity contribution is 5.93. The lowest BCUT2D eigenvalue weighted by Crippen LogP contribution is -2.43. The van der Waals surface area contributed by atoms with E-state index in [0.717, 1.165) is 9.25 Å². The average molecular weight is 340 g/mol. The van der Waals surface area contributed by atoms with Crippen LogP contribution in [0.15, 0.2) is 65.7 Å². The summed E-state index contributed by atoms with van der Waals surface area (Å²) in [6.07, 6.45) is 1.19. The van der Waals surface area contributed by atoms with Gasteiger partial charge >= 0.3 is 11.7 Å². The van der Waals surface area contributed by atoms with Crippen LogP contribution in [-0.2, 0) is 0 Å². The molecule has 2 aromatic carbocycles. The smallest absolute Gasteiger partial charge is 0.291 e. The van der Waals surface area contributed by atoms with Gasteiger partial charge in [-0.1, -0.05) is 18.2 Å². The predicted molar refractivity (Wildman–Crippen MR) is 92.6 cm³/mol. The van der Waals surface area contributed by atoms with Crippen molar-refractivity contribution < 1.29 is 9.18 Å². The standard InChI is InChI=1S/C18H17FN4O2/c1-13(2)22(15-10-8-14(19)9-11-15)17(24)21-12-20-23(18(21)25)16-6-4-3-5-7-16/h3-13H,1-2H3. The minimum atomic E-state index is -0.566. The molecule has 0 saturated carbocycles. The maximum atomic E-state index is 13.2. The first-order valence-corrected chi connectivity index (χ1v) is 7.80. The fraction of sp³-hybridized carbons (Fsp3) is 0.167. The first kappa shape index (κ1) is 16.6. The molecule has 6 nitrogen and oxygen atoms in total. The Labute approximate surface area is 143 Å². The highest BCUT2D eigenvalue weighted by Gasteiger charge is 2.23. The van der Waals surface area contributed by atoms with E-state index in [9.17, 15) is 14.0 Å². The normalized spacial score (nSPS) is 10.9. The largest absolute Gasteiger partial charge is 0.358 e. The molecule has 0 saturated heterocycles. The zero-order valence-corrected chi connectivity index (χ0v) is 13.8. The van der Waals surface area contributed by atoms with Crippen LogP contribution in [0.25, 0.3) is 5.69 Å². The summed E-state index contributed by atoms with van der Waals surface area (Å²) in [5, 5.41) is 4.02. The molecule has 1 heterocycles. The van der Waals surface area contributed by atoms with Crippen molar-refractivity contribution in [3.63, 3.8) is 0 Å². The summed E-state index contributed by atoms with van der Waals surface area (Å²) < 4.78 is 15.3. The number of carbonyl (C=O) groups is 1. The monoisotopic (exact) mass is 340 g/mol. The molecule has 0 spiro atoms. The minimum Gasteiger partial charge on any atom is -0.291 e. The van der Waals surface area contributed by atoms with Gasteiger partial charge in [0.15, 0.2) is 0 Å². The van der Waals surface area contributed by atoms with Crippen LogP contribution in [0.3, 0.4) is 0 Å². The van der Waals surface area contributed by atoms with E-state index < -0.39 is 17.5 Å². The first-order valence-electron chi connectivity index (χ1n) is 7.80. The molecule has 25 heavy (non-hydrogen) atoms. The molecule has 0 aliphatic carbocycles. The van der Waals surface area contributed by atoms with Crippen molar-refractivity contribution in [2.24, 2.45) is 0 Å². The van der Waals surface area contributed by atoms with Crippen LogP contribution in [0.2, 0.25) is 0 Å². The third kappa shape index (κ3) is 3.21. The SMILES string of the molecule is CC(C)N(C(=O)n1cnn(-c2ccccc2)c1=O)c1ccc(F)cc1. The Bertz CT molecular complexity index is 930. The van der Waals surface area contributed by atoms with Gasteiger partial charge in [-0.2, -0.15) is 14.3 Å². The Morgan fingerprint density at radius 1 is 1.08 bits per heavy atom. The second-order valence-electron chi connectivity index (χ2n) is 5.75. The molecule has 0 N–H and O–H groups in total. The van der Waals surface area contributed by atoms with E-state index in [1.165, 1.54) is 35.5 Å². The van der Waals surface area contributed by atoms with Crippen LogP contribution in [0.4, 0.5) is 14.9 Å². The Morgan fingerprint density at radius 2 is 1.72 bits per heavy atom. The van der Waals surface area contributed by atoms with E-state index in [4.69, 9.17) is 0 Å². The van der Waals surface area contributed by atoms with E-state index in [-0.39, 0.29) is 6.04 Å². The number of nitrogens with zero attached hydrogens (tertiary/aromatic N) is 4. The number of para-hydroxylation sites is 1. The molecule has 0 bridgehead atoms. The Kier molecular flexibility index (Phi) is 4.47. The summed E-state index contributed by atoms with van der Waals surface area (Å²) in [4.78, 5) is 26.9. The molecule has 7 heteroatoms. The molecule has 3 aromatic rings. The van der Waals surface area contributed by atoms with Gasteiger partial charge in [0.1, 0.15) is 12.1 Å². The lowest BCUT2D eigenvalue weighted by molar-refractivity contribution is 0.245. The Hall–Kier alpha value is -3.22. The van der Waals surface area contributed by atoms with Gasteiger partial charge in [0.2, 0.25) is 0 Å². The summed E-state index contributed by atoms with van der Waals surface area (Å²) in [7, 11) is 0. The molecule has 3 rings (SSSR count). The topological polar surface area (TPSA) is 60.1 Å². The summed E-state index contributed by atoms with van der Waals surface area (Å²) in [5.74, 6) is -0.394. The van der Waals surface area contributed by atoms with Crippen molar-refractivity contribution >= 4 is 11.7 Å². The quantitative estimate of drug-likeness (QED) is 0.736. The number of rotatable bonds is 3. The molecule has 0 fully saturated rings. The van der Waals surface area contributed by atoms with E-state index >= 15 is 0 Å². The van der Waals surface area contributed by atoms with Crippen molar-refractivity contribution in [1.29, 1.82) is 0 Å². The van der Waals surface area contributed by atoms with Gasteiger partial charge in [-0.25, -0.2) is 14.0 Å². The molecular weight excluding hydrogens is 323 g/mol. The molecule has 0 radical (unpaired) electrons. The summed E-state index contributed by atoms with van der Waals surface area (Å²) in [6, 6.07) is 13.6. The van der Waals surface area contributed by atoms with Crippen LogP contribution < -0.4 is 10.6 Å². The van der Waals surface area contributed by atoms with Crippen LogP contribution in [-0.4, -0.2) is 26.4 Å². The molecular formula is C18H17FN4O2. The molecule has 128 valence electrons. The number of amides is 1. The lowest BCUT2D eigenvalue weighted by atomic mass is 10.2. The Balaban J connectivity index is 2.00. The van der Waals surface area contributed by atoms with Crippen LogP contribution in [0.5, 0.6) is 0 Å². The summed E-state index contributed by atoms with van der Waals surface area (Å²) >= 11 is 0. The van der Waals surface area contributed by atoms with Gasteiger partial charge in [-0.3, -0.25) is 4.90 Å². The van der Waals surface area contributed by atoms with Crippen LogP contribution in [0, 0.1) is 5.82 Å². The third-order valence-corrected chi connectivity index (χ3v) is 3.70. The third-order valence-electron chi connectivity index (χ3n) is 3.70. The van der Waals surface area contributed by atoms with E-state index in [2.05, 4.69) is 5.10 Å². The zero-order valence-electron chi connectivity index (χ0n) is 13.8. The van der Waals surface area contributed by atoms with Crippen molar-refractivity contribution in [3.8, 4) is 5.69 Å². The number of benzene rings is 2. The summed E-state index contributed by atoms with van der Waals surface area (Å²) in [5.41, 5.74) is 0.502. The van der Waals surface area contributed by atoms with Gasteiger partial charge in [0, 0.05) is 11.7 Å². The second kappa shape index (κ2) is 6.72. The molecule has 0 atom stereocenters. The zero-order chi connectivity index (χ0) is 18.0. The number of aromatic nitrogens is 3. The van der Waals surface area contributed by atoms with Crippen LogP contribution in [0.1, 0.15) is 13.8 Å². The van der Waals surface area contributed by atoms with Gasteiger partial charge in [0.05, 0.1) is 5.69 Å². The fourth-order valence-electron chi connectivity index (χ4n) is 2.53. The fourth-order valence-corrected chi connectivity index (χ4v) is 2.53. The molecule has 1 amide bonds. The number of hydrogen-bond donors (Lipinski definition) is 0. The lowest BCUT2D eigenvalue weighted by Gasteiger charge is -2.26. The maximum absolute atomic E-state index is 13.2. The van der Waals surface area contributed by atoms with Gasteiger partial charge in [-0.15, -0.1) is 0 Å². The Morgan fingerprint density at radius 3 is 2.32 bits per heavy atom. The number of anilines is 1. The molecule has 1 aromatic heterocycles. The first-order chi connectivity index (χ1) is 12.0. The summed E-state index contributed by atoms with van der Waals surface area (Å²) in [6.45, 7) is 3.63. The number of hydrogen-bond acceptors (Lipinski definition) is 3. The molecule has 0 unspecified atom stereocenters. The number of halogens is 1. The van der Waals surface area contributed by atoms with E-state index in [1.54, 1.807) is 24.3 Å². The minimum absolute atomic E-state index is 0.232. The van der Waals surface area contributed by atoms with E-state index in [1.807, 2.05) is 19.9 Å². The molecule has 0 aliphatic heterocycles. The van der Waals surface area contributed by atoms with Crippen molar-refractivity contribution in [2.75, 3.05) is 4.90 Å². The molecule has 0 aliphatic rings. The van der Waals surface area contributed by atoms with Crippen molar-refractivity contribution in [1.82, 2.24) is 14.3 Å².